The minimum atomic E-state index is -5.77. The average Bonchev–Trinajstić information content (AvgIpc) is 3.40. The van der Waals surface area contributed by atoms with Crippen LogP contribution in [0.5, 0.6) is 5.75 Å². The number of carboxylic acids is 1. The Morgan fingerprint density at radius 1 is 0.962 bits per heavy atom. The maximum atomic E-state index is 13.4. The van der Waals surface area contributed by atoms with E-state index in [0.717, 1.165) is 0 Å². The molecule has 19 heteroatoms. The summed E-state index contributed by atoms with van der Waals surface area (Å²) in [6, 6.07) is 16.3. The Balaban J connectivity index is 1.29. The average molecular weight is 754 g/mol. The summed E-state index contributed by atoms with van der Waals surface area (Å²) >= 11 is 0. The second-order valence-corrected chi connectivity index (χ2v) is 16.0. The van der Waals surface area contributed by atoms with Crippen LogP contribution >= 0.6 is 15.2 Å². The van der Waals surface area contributed by atoms with Crippen molar-refractivity contribution >= 4 is 43.7 Å². The van der Waals surface area contributed by atoms with E-state index in [2.05, 4.69) is 5.32 Å². The molecule has 6 rings (SSSR count). The molecular formula is C33H29N3O14P2. The van der Waals surface area contributed by atoms with Crippen molar-refractivity contribution in [3.8, 4) is 28.2 Å². The van der Waals surface area contributed by atoms with E-state index in [1.165, 1.54) is 88.1 Å². The molecule has 1 unspecified atom stereocenters. The SMILES string of the molecule is O=C(NCC(O)C[n+]1cc(CC(O)(P(=O)(O)O)P(=O)(O)O)n2ccccc21)c1ccc(C(=O)O)c(-c2c3ccc(=O)cc-3oc3cc([O-])ccc23)c1. The number of aliphatic hydroxyl groups is 2. The number of aromatic carboxylic acids is 1. The molecular weight excluding hydrogens is 724 g/mol. The predicted molar refractivity (Wildman–Crippen MR) is 180 cm³/mol. The highest BCUT2D eigenvalue weighted by Crippen LogP contribution is 2.68. The molecule has 3 heterocycles. The van der Waals surface area contributed by atoms with E-state index < -0.39 is 55.9 Å². The summed E-state index contributed by atoms with van der Waals surface area (Å²) in [5.41, 5.74) is 0.402. The van der Waals surface area contributed by atoms with Gasteiger partial charge in [0.1, 0.15) is 30.2 Å². The van der Waals surface area contributed by atoms with Crippen LogP contribution < -0.4 is 20.4 Å². The number of carbonyl (C=O) groups excluding carboxylic acids is 1. The number of nitrogens with zero attached hydrogens (tertiary/aromatic N) is 2. The topological polar surface area (TPSA) is 283 Å². The Labute approximate surface area is 291 Å². The van der Waals surface area contributed by atoms with Gasteiger partial charge in [0.2, 0.25) is 0 Å². The van der Waals surface area contributed by atoms with Crippen LogP contribution in [0, 0.1) is 0 Å². The van der Waals surface area contributed by atoms with Crippen LogP contribution in [0.1, 0.15) is 26.4 Å². The van der Waals surface area contributed by atoms with Crippen molar-refractivity contribution in [2.75, 3.05) is 6.54 Å². The molecule has 52 heavy (non-hydrogen) atoms. The van der Waals surface area contributed by atoms with Gasteiger partial charge in [0.05, 0.1) is 18.2 Å². The number of aromatic nitrogens is 2. The first-order chi connectivity index (χ1) is 24.4. The Morgan fingerprint density at radius 2 is 1.69 bits per heavy atom. The van der Waals surface area contributed by atoms with E-state index in [0.29, 0.717) is 22.2 Å². The lowest BCUT2D eigenvalue weighted by Gasteiger charge is -2.27. The van der Waals surface area contributed by atoms with Crippen LogP contribution in [-0.2, 0) is 22.1 Å². The zero-order valence-electron chi connectivity index (χ0n) is 26.6. The number of carboxylic acid groups (broad SMARTS) is 1. The number of fused-ring (bicyclic) bond motifs is 3. The Hall–Kier alpha value is -5.22. The van der Waals surface area contributed by atoms with Crippen molar-refractivity contribution in [2.45, 2.75) is 24.2 Å². The minimum Gasteiger partial charge on any atom is -0.872 e. The molecule has 0 spiro atoms. The molecule has 1 amide bonds. The van der Waals surface area contributed by atoms with Crippen molar-refractivity contribution in [3.63, 3.8) is 0 Å². The second-order valence-electron chi connectivity index (χ2n) is 12.0. The molecule has 8 N–H and O–H groups in total. The fraction of sp³-hybridized carbons (Fsp3) is 0.152. The summed E-state index contributed by atoms with van der Waals surface area (Å²) < 4.78 is 32.5. The Morgan fingerprint density at radius 3 is 2.38 bits per heavy atom. The highest BCUT2D eigenvalue weighted by Gasteiger charge is 2.60. The summed E-state index contributed by atoms with van der Waals surface area (Å²) in [4.78, 5) is 76.4. The summed E-state index contributed by atoms with van der Waals surface area (Å²) in [7, 11) is -11.5. The first-order valence-electron chi connectivity index (χ1n) is 15.2. The van der Waals surface area contributed by atoms with Crippen LogP contribution in [0.25, 0.3) is 39.1 Å². The van der Waals surface area contributed by atoms with Crippen molar-refractivity contribution in [3.05, 3.63) is 112 Å². The van der Waals surface area contributed by atoms with Crippen LogP contribution in [-0.4, -0.2) is 68.9 Å². The van der Waals surface area contributed by atoms with Gasteiger partial charge in [-0.1, -0.05) is 18.2 Å². The summed E-state index contributed by atoms with van der Waals surface area (Å²) in [6.07, 6.45) is 0.191. The van der Waals surface area contributed by atoms with Crippen molar-refractivity contribution in [2.24, 2.45) is 0 Å². The Kier molecular flexibility index (Phi) is 9.42. The summed E-state index contributed by atoms with van der Waals surface area (Å²) in [6.45, 7) is -0.596. The number of pyridine rings is 1. The standard InChI is InChI=1S/C33H29N3O14P2/c37-20-5-8-24-27(12-20)50-28-13-21(38)6-9-25(28)30(24)26-11-18(4-7-23(26)32(41)42)31(40)34-15-22(39)17-35-16-19(36-10-2-1-3-29(35)36)14-33(43,51(44,45)46)52(47,48)49/h1-13,16,22,39,43H,14-15,17H2,(H6-,34,37,38,40,41,42,44,45,46,47,48,49). The van der Waals surface area contributed by atoms with Crippen molar-refractivity contribution in [1.82, 2.24) is 9.72 Å². The minimum absolute atomic E-state index is 0.00593. The van der Waals surface area contributed by atoms with Gasteiger partial charge in [0.25, 0.3) is 16.6 Å². The molecule has 2 aliphatic rings. The van der Waals surface area contributed by atoms with Gasteiger partial charge in [-0.15, -0.1) is 5.75 Å². The molecule has 1 atom stereocenters. The molecule has 270 valence electrons. The molecule has 2 aromatic carbocycles. The number of benzene rings is 3. The first-order valence-corrected chi connectivity index (χ1v) is 18.4. The molecule has 1 aliphatic heterocycles. The highest BCUT2D eigenvalue weighted by molar-refractivity contribution is 7.72. The van der Waals surface area contributed by atoms with Gasteiger partial charge in [0.15, 0.2) is 11.1 Å². The normalized spacial score (nSPS) is 13.1. The largest absolute Gasteiger partial charge is 0.872 e. The van der Waals surface area contributed by atoms with Gasteiger partial charge >= 0.3 is 21.2 Å². The van der Waals surface area contributed by atoms with Crippen molar-refractivity contribution < 1.29 is 67.7 Å². The van der Waals surface area contributed by atoms with E-state index in [4.69, 9.17) is 4.42 Å². The van der Waals surface area contributed by atoms with Gasteiger partial charge in [-0.3, -0.25) is 18.7 Å². The summed E-state index contributed by atoms with van der Waals surface area (Å²) in [5, 5.41) is 42.8. The highest BCUT2D eigenvalue weighted by atomic mass is 31.2. The fourth-order valence-electron chi connectivity index (χ4n) is 5.94. The van der Waals surface area contributed by atoms with Gasteiger partial charge in [-0.2, -0.15) is 4.40 Å². The molecule has 0 saturated heterocycles. The fourth-order valence-corrected chi connectivity index (χ4v) is 8.03. The number of hydrogen-bond acceptors (Lipinski definition) is 9. The number of rotatable bonds is 11. The molecule has 4 aromatic rings. The summed E-state index contributed by atoms with van der Waals surface area (Å²) in [5.74, 6) is -2.34. The van der Waals surface area contributed by atoms with Gasteiger partial charge in [-0.25, -0.2) is 9.36 Å². The quantitative estimate of drug-likeness (QED) is 0.0525. The predicted octanol–water partition coefficient (Wildman–Crippen LogP) is 1.21. The molecule has 0 saturated carbocycles. The zero-order chi connectivity index (χ0) is 37.7. The lowest BCUT2D eigenvalue weighted by atomic mass is 9.89. The number of amides is 1. The van der Waals surface area contributed by atoms with E-state index in [1.807, 2.05) is 0 Å². The second kappa shape index (κ2) is 13.4. The number of imidazole rings is 1. The molecule has 1 aliphatic carbocycles. The lowest BCUT2D eigenvalue weighted by Crippen LogP contribution is -2.44. The maximum absolute atomic E-state index is 13.4. The van der Waals surface area contributed by atoms with Crippen LogP contribution in [0.2, 0.25) is 0 Å². The molecule has 2 aromatic heterocycles. The van der Waals surface area contributed by atoms with Gasteiger partial charge in [-0.05, 0) is 48.0 Å². The maximum Gasteiger partial charge on any atom is 0.369 e. The molecule has 0 fully saturated rings. The third-order valence-corrected chi connectivity index (χ3v) is 12.2. The third kappa shape index (κ3) is 6.75. The van der Waals surface area contributed by atoms with Gasteiger partial charge in [0, 0.05) is 40.8 Å². The molecule has 0 bridgehead atoms. The molecule has 17 nitrogen and oxygen atoms in total. The van der Waals surface area contributed by atoms with Crippen LogP contribution in [0.3, 0.4) is 0 Å². The third-order valence-electron chi connectivity index (χ3n) is 8.45. The van der Waals surface area contributed by atoms with Crippen LogP contribution in [0.4, 0.5) is 0 Å². The van der Waals surface area contributed by atoms with Crippen LogP contribution in [0.15, 0.2) is 94.4 Å². The first kappa shape index (κ1) is 36.6. The molecule has 0 radical (unpaired) electrons. The van der Waals surface area contributed by atoms with Crippen molar-refractivity contribution in [1.29, 1.82) is 0 Å². The van der Waals surface area contributed by atoms with E-state index in [-0.39, 0.29) is 46.8 Å². The van der Waals surface area contributed by atoms with E-state index >= 15 is 0 Å². The number of carbonyl (C=O) groups is 2. The van der Waals surface area contributed by atoms with E-state index in [1.54, 1.807) is 6.07 Å². The zero-order valence-corrected chi connectivity index (χ0v) is 28.3. The van der Waals surface area contributed by atoms with Gasteiger partial charge < -0.3 is 49.7 Å². The Bertz CT molecular complexity index is 2500. The number of nitrogens with one attached hydrogen (secondary N) is 1. The number of hydrogen-bond donors (Lipinski definition) is 8. The smallest absolute Gasteiger partial charge is 0.369 e. The monoisotopic (exact) mass is 753 g/mol. The lowest BCUT2D eigenvalue weighted by molar-refractivity contribution is -0.678. The number of aliphatic hydroxyl groups excluding tert-OH is 1. The van der Waals surface area contributed by atoms with E-state index in [9.17, 15) is 63.5 Å².